The highest BCUT2D eigenvalue weighted by Crippen LogP contribution is 2.72. The third-order valence-electron chi connectivity index (χ3n) is 9.36. The summed E-state index contributed by atoms with van der Waals surface area (Å²) in [6.07, 6.45) is 11.0. The predicted molar refractivity (Wildman–Crippen MR) is 103 cm³/mol. The zero-order valence-corrected chi connectivity index (χ0v) is 16.3. The number of hydrogen-bond donors (Lipinski definition) is 1. The zero-order chi connectivity index (χ0) is 18.1. The van der Waals surface area contributed by atoms with Gasteiger partial charge in [0.15, 0.2) is 0 Å². The van der Waals surface area contributed by atoms with Crippen LogP contribution < -0.4 is 0 Å². The lowest BCUT2D eigenvalue weighted by Gasteiger charge is -2.56. The highest BCUT2D eigenvalue weighted by atomic mass is 16.3. The van der Waals surface area contributed by atoms with Gasteiger partial charge in [-0.25, -0.2) is 0 Å². The second-order valence-electron chi connectivity index (χ2n) is 9.96. The second kappa shape index (κ2) is 5.59. The molecule has 0 saturated heterocycles. The van der Waals surface area contributed by atoms with Crippen molar-refractivity contribution in [2.24, 2.45) is 28.6 Å². The van der Waals surface area contributed by atoms with E-state index in [2.05, 4.69) is 13.0 Å². The molecule has 3 saturated carbocycles. The van der Waals surface area contributed by atoms with E-state index in [1.807, 2.05) is 19.1 Å². The predicted octanol–water partition coefficient (Wildman–Crippen LogP) is 5.62. The van der Waals surface area contributed by atoms with Crippen molar-refractivity contribution in [3.05, 3.63) is 29.3 Å². The number of carbonyl (C=O) groups is 1. The molecule has 26 heavy (non-hydrogen) atoms. The van der Waals surface area contributed by atoms with Gasteiger partial charge in [-0.05, 0) is 104 Å². The van der Waals surface area contributed by atoms with Gasteiger partial charge in [0, 0.05) is 5.41 Å². The second-order valence-corrected chi connectivity index (χ2v) is 9.96. The molecule has 3 fully saturated rings. The molecule has 1 aromatic carbocycles. The first kappa shape index (κ1) is 16.8. The lowest BCUT2D eigenvalue weighted by molar-refractivity contribution is -0.144. The normalized spacial score (nSPS) is 43.8. The Morgan fingerprint density at radius 1 is 1.15 bits per heavy atom. The summed E-state index contributed by atoms with van der Waals surface area (Å²) in [6.45, 7) is 4.39. The molecule has 0 heterocycles. The number of phenolic OH excluding ortho intramolecular Hbond substituents is 1. The molecule has 4 aliphatic carbocycles. The first-order valence-corrected chi connectivity index (χ1v) is 10.8. The number of benzene rings is 1. The Balaban J connectivity index is 1.56. The minimum absolute atomic E-state index is 0.0316. The van der Waals surface area contributed by atoms with E-state index in [4.69, 9.17) is 0 Å². The van der Waals surface area contributed by atoms with Crippen LogP contribution >= 0.6 is 0 Å². The molecule has 1 aromatic rings. The van der Waals surface area contributed by atoms with Gasteiger partial charge in [-0.3, -0.25) is 4.79 Å². The minimum Gasteiger partial charge on any atom is -0.508 e. The molecule has 5 rings (SSSR count). The Bertz CT molecular complexity index is 753. The van der Waals surface area contributed by atoms with E-state index in [1.165, 1.54) is 56.1 Å². The van der Waals surface area contributed by atoms with Crippen LogP contribution in [-0.4, -0.2) is 10.9 Å². The van der Waals surface area contributed by atoms with Gasteiger partial charge < -0.3 is 5.11 Å². The van der Waals surface area contributed by atoms with E-state index >= 15 is 0 Å². The first-order chi connectivity index (χ1) is 12.5. The fourth-order valence-electron chi connectivity index (χ4n) is 8.37. The number of fused-ring (bicyclic) bond motifs is 7. The van der Waals surface area contributed by atoms with E-state index < -0.39 is 0 Å². The van der Waals surface area contributed by atoms with E-state index in [0.717, 1.165) is 18.8 Å². The molecular weight excluding hydrogens is 320 g/mol. The number of phenols is 1. The van der Waals surface area contributed by atoms with Crippen LogP contribution in [0.4, 0.5) is 0 Å². The van der Waals surface area contributed by atoms with Crippen LogP contribution in [0.2, 0.25) is 0 Å². The number of ketones is 1. The SMILES string of the molecule is CC(=O)[C@@]12CCCC[C@@H]1C[C@H]1[C@@H]3CCc4cc(O)ccc4[C@H]3CC[C@@]12C. The van der Waals surface area contributed by atoms with Crippen LogP contribution in [-0.2, 0) is 11.2 Å². The number of rotatable bonds is 1. The molecule has 6 atom stereocenters. The molecule has 0 unspecified atom stereocenters. The van der Waals surface area contributed by atoms with Crippen molar-refractivity contribution in [3.63, 3.8) is 0 Å². The summed E-state index contributed by atoms with van der Waals surface area (Å²) in [7, 11) is 0. The molecule has 2 heteroatoms. The molecule has 1 N–H and O–H groups in total. The lowest BCUT2D eigenvalue weighted by Crippen LogP contribution is -2.52. The van der Waals surface area contributed by atoms with Crippen molar-refractivity contribution in [2.45, 2.75) is 77.6 Å². The van der Waals surface area contributed by atoms with Crippen molar-refractivity contribution < 1.29 is 9.90 Å². The number of aryl methyl sites for hydroxylation is 1. The summed E-state index contributed by atoms with van der Waals surface area (Å²) in [5.41, 5.74) is 3.04. The van der Waals surface area contributed by atoms with Gasteiger partial charge in [-0.2, -0.15) is 0 Å². The number of Topliss-reactive ketones (excluding diaryl/α,β-unsaturated/α-hetero) is 1. The summed E-state index contributed by atoms with van der Waals surface area (Å²) >= 11 is 0. The minimum atomic E-state index is -0.0316. The summed E-state index contributed by atoms with van der Waals surface area (Å²) in [5, 5.41) is 9.87. The van der Waals surface area contributed by atoms with E-state index in [1.54, 1.807) is 0 Å². The first-order valence-electron chi connectivity index (χ1n) is 10.8. The van der Waals surface area contributed by atoms with E-state index in [9.17, 15) is 9.90 Å². The maximum atomic E-state index is 13.0. The van der Waals surface area contributed by atoms with Gasteiger partial charge in [0.05, 0.1) is 0 Å². The summed E-state index contributed by atoms with van der Waals surface area (Å²) in [6, 6.07) is 6.05. The number of hydrogen-bond acceptors (Lipinski definition) is 2. The third kappa shape index (κ3) is 1.97. The Labute approximate surface area is 157 Å². The highest BCUT2D eigenvalue weighted by Gasteiger charge is 2.67. The maximum absolute atomic E-state index is 13.0. The largest absolute Gasteiger partial charge is 0.508 e. The van der Waals surface area contributed by atoms with Gasteiger partial charge in [0.1, 0.15) is 11.5 Å². The molecular formula is C24H32O2. The molecule has 0 radical (unpaired) electrons. The highest BCUT2D eigenvalue weighted by molar-refractivity contribution is 5.84. The number of aromatic hydroxyl groups is 1. The maximum Gasteiger partial charge on any atom is 0.136 e. The van der Waals surface area contributed by atoms with Gasteiger partial charge in [-0.15, -0.1) is 0 Å². The summed E-state index contributed by atoms with van der Waals surface area (Å²) < 4.78 is 0. The Morgan fingerprint density at radius 2 is 2.00 bits per heavy atom. The summed E-state index contributed by atoms with van der Waals surface area (Å²) in [5.74, 6) is 3.60. The van der Waals surface area contributed by atoms with Crippen LogP contribution in [0.1, 0.15) is 82.3 Å². The van der Waals surface area contributed by atoms with Crippen LogP contribution in [0, 0.1) is 28.6 Å². The van der Waals surface area contributed by atoms with Crippen LogP contribution in [0.25, 0.3) is 0 Å². The summed E-state index contributed by atoms with van der Waals surface area (Å²) in [4.78, 5) is 13.0. The van der Waals surface area contributed by atoms with E-state index in [-0.39, 0.29) is 10.8 Å². The standard InChI is InChI=1S/C24H32O2/c1-15(25)24-11-4-3-5-17(24)14-22-21-8-6-16-13-18(26)7-9-19(16)20(21)10-12-23(22,24)2/h7,9,13,17,20-22,26H,3-6,8,10-12,14H2,1-2H3/t17-,20-,21-,22+,23+,24+/m1/s1. The van der Waals surface area contributed by atoms with E-state index in [0.29, 0.717) is 29.3 Å². The molecule has 0 aromatic heterocycles. The van der Waals surface area contributed by atoms with Crippen molar-refractivity contribution in [1.29, 1.82) is 0 Å². The molecule has 140 valence electrons. The monoisotopic (exact) mass is 352 g/mol. The van der Waals surface area contributed by atoms with Crippen molar-refractivity contribution in [3.8, 4) is 5.75 Å². The number of carbonyl (C=O) groups excluding carboxylic acids is 1. The molecule has 0 amide bonds. The molecule has 0 aliphatic heterocycles. The van der Waals surface area contributed by atoms with Gasteiger partial charge >= 0.3 is 0 Å². The average molecular weight is 353 g/mol. The van der Waals surface area contributed by atoms with Crippen LogP contribution in [0.15, 0.2) is 18.2 Å². The van der Waals surface area contributed by atoms with Crippen molar-refractivity contribution >= 4 is 5.78 Å². The average Bonchev–Trinajstić information content (AvgIpc) is 2.91. The van der Waals surface area contributed by atoms with Gasteiger partial charge in [-0.1, -0.05) is 25.8 Å². The Hall–Kier alpha value is -1.31. The molecule has 4 aliphatic rings. The fourth-order valence-corrected chi connectivity index (χ4v) is 8.37. The molecule has 0 spiro atoms. The topological polar surface area (TPSA) is 37.3 Å². The molecule has 0 bridgehead atoms. The lowest BCUT2D eigenvalue weighted by atomic mass is 9.47. The third-order valence-corrected chi connectivity index (χ3v) is 9.36. The Morgan fingerprint density at radius 3 is 2.81 bits per heavy atom. The quantitative estimate of drug-likeness (QED) is 0.712. The van der Waals surface area contributed by atoms with Crippen LogP contribution in [0.3, 0.4) is 0 Å². The van der Waals surface area contributed by atoms with Crippen LogP contribution in [0.5, 0.6) is 5.75 Å². The zero-order valence-electron chi connectivity index (χ0n) is 16.3. The van der Waals surface area contributed by atoms with Crippen molar-refractivity contribution in [2.75, 3.05) is 0 Å². The Kier molecular flexibility index (Phi) is 3.62. The molecule has 2 nitrogen and oxygen atoms in total. The van der Waals surface area contributed by atoms with Gasteiger partial charge in [0.2, 0.25) is 0 Å². The fraction of sp³-hybridized carbons (Fsp3) is 0.708. The smallest absolute Gasteiger partial charge is 0.136 e. The van der Waals surface area contributed by atoms with Gasteiger partial charge in [0.25, 0.3) is 0 Å². The van der Waals surface area contributed by atoms with Crippen molar-refractivity contribution in [1.82, 2.24) is 0 Å².